The summed E-state index contributed by atoms with van der Waals surface area (Å²) < 4.78 is 14.4. The van der Waals surface area contributed by atoms with Gasteiger partial charge in [-0.05, 0) is 30.4 Å². The zero-order valence-corrected chi connectivity index (χ0v) is 12.3. The van der Waals surface area contributed by atoms with Crippen molar-refractivity contribution in [3.05, 3.63) is 35.2 Å². The second kappa shape index (κ2) is 5.39. The minimum Gasteiger partial charge on any atom is -0.387 e. The summed E-state index contributed by atoms with van der Waals surface area (Å²) in [5.41, 5.74) is -0.165. The largest absolute Gasteiger partial charge is 0.387 e. The summed E-state index contributed by atoms with van der Waals surface area (Å²) in [6.07, 6.45) is 2.21. The highest BCUT2D eigenvalue weighted by molar-refractivity contribution is 7.99. The summed E-state index contributed by atoms with van der Waals surface area (Å²) in [5, 5.41) is 14.3. The molecule has 106 valence electrons. The lowest BCUT2D eigenvalue weighted by Crippen LogP contribution is -2.36. The van der Waals surface area contributed by atoms with Crippen molar-refractivity contribution >= 4 is 40.0 Å². The lowest BCUT2D eigenvalue weighted by molar-refractivity contribution is 0.0819. The van der Waals surface area contributed by atoms with Gasteiger partial charge in [0.15, 0.2) is 5.82 Å². The summed E-state index contributed by atoms with van der Waals surface area (Å²) >= 11 is 7.73. The van der Waals surface area contributed by atoms with Gasteiger partial charge in [0.2, 0.25) is 0 Å². The second-order valence-electron chi connectivity index (χ2n) is 5.00. The predicted molar refractivity (Wildman–Crippen MR) is 82.1 cm³/mol. The Labute approximate surface area is 125 Å². The van der Waals surface area contributed by atoms with Crippen molar-refractivity contribution in [1.82, 2.24) is 4.98 Å². The Morgan fingerprint density at radius 1 is 1.45 bits per heavy atom. The lowest BCUT2D eigenvalue weighted by Gasteiger charge is -2.22. The van der Waals surface area contributed by atoms with Gasteiger partial charge in [-0.3, -0.25) is 4.98 Å². The summed E-state index contributed by atoms with van der Waals surface area (Å²) in [4.78, 5) is 4.03. The van der Waals surface area contributed by atoms with E-state index in [1.54, 1.807) is 30.0 Å². The highest BCUT2D eigenvalue weighted by Crippen LogP contribution is 2.30. The number of nitrogens with one attached hydrogen (secondary N) is 1. The van der Waals surface area contributed by atoms with Crippen LogP contribution in [0.5, 0.6) is 0 Å². The molecule has 2 aromatic rings. The van der Waals surface area contributed by atoms with E-state index in [-0.39, 0.29) is 5.52 Å². The van der Waals surface area contributed by atoms with Crippen LogP contribution in [0.25, 0.3) is 10.9 Å². The molecule has 2 N–H and O–H groups in total. The van der Waals surface area contributed by atoms with Gasteiger partial charge in [0, 0.05) is 23.9 Å². The van der Waals surface area contributed by atoms with Crippen LogP contribution in [0.4, 0.5) is 10.1 Å². The lowest BCUT2D eigenvalue weighted by atomic mass is 10.0. The summed E-state index contributed by atoms with van der Waals surface area (Å²) in [6.45, 7) is 0.336. The van der Waals surface area contributed by atoms with E-state index in [1.807, 2.05) is 0 Å². The van der Waals surface area contributed by atoms with Crippen LogP contribution in [0.1, 0.15) is 6.42 Å². The minimum absolute atomic E-state index is 0.246. The molecule has 1 aliphatic rings. The summed E-state index contributed by atoms with van der Waals surface area (Å²) in [5.74, 6) is 1.19. The Kier molecular flexibility index (Phi) is 3.75. The fourth-order valence-electron chi connectivity index (χ4n) is 2.28. The molecular weight excluding hydrogens is 299 g/mol. The highest BCUT2D eigenvalue weighted by atomic mass is 35.5. The first kappa shape index (κ1) is 13.9. The number of fused-ring (bicyclic) bond motifs is 1. The molecule has 1 aromatic heterocycles. The standard InChI is InChI=1S/C14H14ClFN2OS/c15-10-3-5-17-13-9(10)1-2-11(12(13)16)18-7-14(19)4-6-20-8-14/h1-3,5,18-19H,4,6-8H2. The minimum atomic E-state index is -0.756. The van der Waals surface area contributed by atoms with Crippen LogP contribution in [0.15, 0.2) is 24.4 Å². The van der Waals surface area contributed by atoms with Crippen LogP contribution < -0.4 is 5.32 Å². The average Bonchev–Trinajstić information content (AvgIpc) is 2.86. The van der Waals surface area contributed by atoms with Gasteiger partial charge in [-0.15, -0.1) is 0 Å². The Bertz CT molecular complexity index is 646. The van der Waals surface area contributed by atoms with Gasteiger partial charge in [0.05, 0.1) is 16.3 Å². The average molecular weight is 313 g/mol. The van der Waals surface area contributed by atoms with E-state index in [2.05, 4.69) is 10.3 Å². The molecular formula is C14H14ClFN2OS. The Morgan fingerprint density at radius 3 is 3.05 bits per heavy atom. The fourth-order valence-corrected chi connectivity index (χ4v) is 3.79. The van der Waals surface area contributed by atoms with Crippen LogP contribution in [-0.4, -0.2) is 33.7 Å². The molecule has 0 radical (unpaired) electrons. The third-order valence-corrected chi connectivity index (χ3v) is 5.05. The molecule has 0 amide bonds. The predicted octanol–water partition coefficient (Wildman–Crippen LogP) is 3.31. The Balaban J connectivity index is 1.87. The molecule has 0 saturated carbocycles. The smallest absolute Gasteiger partial charge is 0.172 e. The monoisotopic (exact) mass is 312 g/mol. The zero-order chi connectivity index (χ0) is 14.2. The van der Waals surface area contributed by atoms with Crippen molar-refractivity contribution in [3.8, 4) is 0 Å². The molecule has 20 heavy (non-hydrogen) atoms. The normalized spacial score (nSPS) is 22.4. The zero-order valence-electron chi connectivity index (χ0n) is 10.7. The number of anilines is 1. The van der Waals surface area contributed by atoms with Crippen LogP contribution in [0.3, 0.4) is 0 Å². The highest BCUT2D eigenvalue weighted by Gasteiger charge is 2.31. The van der Waals surface area contributed by atoms with Gasteiger partial charge in [-0.25, -0.2) is 4.39 Å². The van der Waals surface area contributed by atoms with Crippen LogP contribution in [-0.2, 0) is 0 Å². The number of hydrogen-bond acceptors (Lipinski definition) is 4. The van der Waals surface area contributed by atoms with E-state index < -0.39 is 11.4 Å². The SMILES string of the molecule is OC1(CNc2ccc3c(Cl)ccnc3c2F)CCSC1. The number of nitrogens with zero attached hydrogens (tertiary/aromatic N) is 1. The molecule has 1 saturated heterocycles. The molecule has 1 aromatic carbocycles. The first-order valence-electron chi connectivity index (χ1n) is 6.36. The van der Waals surface area contributed by atoms with Crippen molar-refractivity contribution in [1.29, 1.82) is 0 Å². The molecule has 0 bridgehead atoms. The first-order chi connectivity index (χ1) is 9.59. The van der Waals surface area contributed by atoms with Gasteiger partial charge in [-0.1, -0.05) is 11.6 Å². The molecule has 0 spiro atoms. The van der Waals surface area contributed by atoms with Crippen molar-refractivity contribution in [2.24, 2.45) is 0 Å². The maximum atomic E-state index is 14.4. The number of thioether (sulfide) groups is 1. The van der Waals surface area contributed by atoms with E-state index in [9.17, 15) is 9.50 Å². The number of hydrogen-bond donors (Lipinski definition) is 2. The van der Waals surface area contributed by atoms with Gasteiger partial charge in [0.25, 0.3) is 0 Å². The van der Waals surface area contributed by atoms with Crippen LogP contribution in [0, 0.1) is 5.82 Å². The number of rotatable bonds is 3. The van der Waals surface area contributed by atoms with Gasteiger partial charge >= 0.3 is 0 Å². The molecule has 1 aliphatic heterocycles. The topological polar surface area (TPSA) is 45.1 Å². The summed E-state index contributed by atoms with van der Waals surface area (Å²) in [6, 6.07) is 5.01. The molecule has 3 nitrogen and oxygen atoms in total. The van der Waals surface area contributed by atoms with Gasteiger partial charge in [0.1, 0.15) is 5.52 Å². The molecule has 6 heteroatoms. The molecule has 1 fully saturated rings. The van der Waals surface area contributed by atoms with Crippen molar-refractivity contribution < 1.29 is 9.50 Å². The van der Waals surface area contributed by atoms with E-state index in [1.165, 1.54) is 6.20 Å². The maximum Gasteiger partial charge on any atom is 0.172 e. The Hall–Kier alpha value is -1.04. The second-order valence-corrected chi connectivity index (χ2v) is 6.51. The van der Waals surface area contributed by atoms with E-state index in [4.69, 9.17) is 11.6 Å². The molecule has 1 atom stereocenters. The van der Waals surface area contributed by atoms with E-state index in [0.29, 0.717) is 28.4 Å². The number of benzene rings is 1. The molecule has 2 heterocycles. The third kappa shape index (κ3) is 2.57. The van der Waals surface area contributed by atoms with Gasteiger partial charge < -0.3 is 10.4 Å². The quantitative estimate of drug-likeness (QED) is 0.913. The third-order valence-electron chi connectivity index (χ3n) is 3.49. The molecule has 1 unspecified atom stereocenters. The number of aromatic nitrogens is 1. The van der Waals surface area contributed by atoms with Crippen LogP contribution in [0.2, 0.25) is 5.02 Å². The number of aliphatic hydroxyl groups is 1. The van der Waals surface area contributed by atoms with Gasteiger partial charge in [-0.2, -0.15) is 11.8 Å². The first-order valence-corrected chi connectivity index (χ1v) is 7.89. The Morgan fingerprint density at radius 2 is 2.30 bits per heavy atom. The van der Waals surface area contributed by atoms with E-state index in [0.717, 1.165) is 12.2 Å². The fraction of sp³-hybridized carbons (Fsp3) is 0.357. The summed E-state index contributed by atoms with van der Waals surface area (Å²) in [7, 11) is 0. The number of halogens is 2. The van der Waals surface area contributed by atoms with E-state index >= 15 is 0 Å². The molecule has 3 rings (SSSR count). The number of pyridine rings is 1. The van der Waals surface area contributed by atoms with Crippen LogP contribution >= 0.6 is 23.4 Å². The van der Waals surface area contributed by atoms with Crippen molar-refractivity contribution in [2.75, 3.05) is 23.4 Å². The molecule has 0 aliphatic carbocycles. The van der Waals surface area contributed by atoms with Crippen molar-refractivity contribution in [3.63, 3.8) is 0 Å². The maximum absolute atomic E-state index is 14.4. The van der Waals surface area contributed by atoms with Crippen molar-refractivity contribution in [2.45, 2.75) is 12.0 Å².